The fourth-order valence-electron chi connectivity index (χ4n) is 1.96. The zero-order valence-electron chi connectivity index (χ0n) is 14.5. The summed E-state index contributed by atoms with van der Waals surface area (Å²) in [6, 6.07) is 5.09. The topological polar surface area (TPSA) is 41.6 Å². The van der Waals surface area contributed by atoms with Gasteiger partial charge in [-0.3, -0.25) is 0 Å². The van der Waals surface area contributed by atoms with Crippen molar-refractivity contribution in [2.24, 2.45) is 0 Å². The first-order valence-electron chi connectivity index (χ1n) is 7.74. The fourth-order valence-corrected chi connectivity index (χ4v) is 2.21. The number of ether oxygens (including phenoxy) is 1. The molecule has 0 saturated carbocycles. The second kappa shape index (κ2) is 8.64. The summed E-state index contributed by atoms with van der Waals surface area (Å²) in [5.41, 5.74) is 0.353. The minimum Gasteiger partial charge on any atom is -0.444 e. The van der Waals surface area contributed by atoms with Crippen LogP contribution in [0.2, 0.25) is 0 Å². The van der Waals surface area contributed by atoms with Gasteiger partial charge >= 0.3 is 6.09 Å². The summed E-state index contributed by atoms with van der Waals surface area (Å²) >= 11 is 3.13. The van der Waals surface area contributed by atoms with Crippen LogP contribution in [0.25, 0.3) is 0 Å². The maximum atomic E-state index is 13.4. The van der Waals surface area contributed by atoms with Crippen molar-refractivity contribution in [2.45, 2.75) is 52.8 Å². The van der Waals surface area contributed by atoms with Crippen LogP contribution in [0.15, 0.2) is 22.7 Å². The van der Waals surface area contributed by atoms with Crippen LogP contribution in [0, 0.1) is 5.82 Å². The number of nitrogens with one attached hydrogen (secondary N) is 1. The molecule has 1 amide bonds. The highest BCUT2D eigenvalue weighted by Crippen LogP contribution is 2.16. The van der Waals surface area contributed by atoms with Crippen molar-refractivity contribution in [2.75, 3.05) is 13.1 Å². The molecule has 0 bridgehead atoms. The minimum absolute atomic E-state index is 0.0526. The van der Waals surface area contributed by atoms with E-state index >= 15 is 0 Å². The summed E-state index contributed by atoms with van der Waals surface area (Å²) in [7, 11) is 0. The zero-order valence-corrected chi connectivity index (χ0v) is 16.0. The summed E-state index contributed by atoms with van der Waals surface area (Å²) < 4.78 is 19.3. The first kappa shape index (κ1) is 19.9. The predicted molar refractivity (Wildman–Crippen MR) is 93.9 cm³/mol. The Balaban J connectivity index is 2.47. The number of hydrogen-bond acceptors (Lipinski definition) is 3. The lowest BCUT2D eigenvalue weighted by atomic mass is 10.2. The van der Waals surface area contributed by atoms with Crippen molar-refractivity contribution >= 4 is 22.0 Å². The van der Waals surface area contributed by atoms with Crippen LogP contribution in [0.1, 0.15) is 40.2 Å². The van der Waals surface area contributed by atoms with Crippen molar-refractivity contribution in [1.82, 2.24) is 10.2 Å². The highest BCUT2D eigenvalue weighted by molar-refractivity contribution is 9.10. The van der Waals surface area contributed by atoms with Gasteiger partial charge in [0, 0.05) is 25.7 Å². The maximum Gasteiger partial charge on any atom is 0.410 e. The SMILES string of the molecule is CC(C)N(CCNCc1ccc(Br)c(F)c1)C(=O)OC(C)(C)C. The molecule has 6 heteroatoms. The second-order valence-electron chi connectivity index (χ2n) is 6.69. The van der Waals surface area contributed by atoms with E-state index < -0.39 is 5.60 Å². The number of carbonyl (C=O) groups is 1. The first-order valence-corrected chi connectivity index (χ1v) is 8.53. The van der Waals surface area contributed by atoms with E-state index in [2.05, 4.69) is 21.2 Å². The van der Waals surface area contributed by atoms with Gasteiger partial charge in [-0.25, -0.2) is 9.18 Å². The maximum absolute atomic E-state index is 13.4. The normalized spacial score (nSPS) is 11.7. The van der Waals surface area contributed by atoms with E-state index in [1.807, 2.05) is 40.7 Å². The van der Waals surface area contributed by atoms with Gasteiger partial charge in [0.2, 0.25) is 0 Å². The van der Waals surface area contributed by atoms with Gasteiger partial charge in [-0.1, -0.05) is 6.07 Å². The molecular weight excluding hydrogens is 363 g/mol. The molecule has 0 aliphatic rings. The molecule has 0 radical (unpaired) electrons. The zero-order chi connectivity index (χ0) is 17.6. The third-order valence-electron chi connectivity index (χ3n) is 3.09. The Kier molecular flexibility index (Phi) is 7.48. The van der Waals surface area contributed by atoms with Crippen LogP contribution in [-0.4, -0.2) is 35.7 Å². The highest BCUT2D eigenvalue weighted by atomic mass is 79.9. The number of rotatable bonds is 6. The average Bonchev–Trinajstić information content (AvgIpc) is 2.40. The molecule has 0 aliphatic heterocycles. The molecular formula is C17H26BrFN2O2. The van der Waals surface area contributed by atoms with Gasteiger partial charge < -0.3 is 15.0 Å². The van der Waals surface area contributed by atoms with Crippen LogP contribution in [0.4, 0.5) is 9.18 Å². The lowest BCUT2D eigenvalue weighted by Crippen LogP contribution is -2.44. The van der Waals surface area contributed by atoms with Gasteiger partial charge in [0.1, 0.15) is 11.4 Å². The van der Waals surface area contributed by atoms with E-state index in [1.54, 1.807) is 11.0 Å². The van der Waals surface area contributed by atoms with Crippen LogP contribution >= 0.6 is 15.9 Å². The summed E-state index contributed by atoms with van der Waals surface area (Å²) in [6.07, 6.45) is -0.316. The molecule has 0 unspecified atom stereocenters. The molecule has 1 aromatic rings. The number of benzene rings is 1. The molecule has 4 nitrogen and oxygen atoms in total. The molecule has 130 valence electrons. The van der Waals surface area contributed by atoms with E-state index in [4.69, 9.17) is 4.74 Å². The third kappa shape index (κ3) is 7.31. The number of nitrogens with zero attached hydrogens (tertiary/aromatic N) is 1. The largest absolute Gasteiger partial charge is 0.444 e. The van der Waals surface area contributed by atoms with Gasteiger partial charge in [0.25, 0.3) is 0 Å². The predicted octanol–water partition coefficient (Wildman–Crippen LogP) is 4.32. The Labute approximate surface area is 146 Å². The Morgan fingerprint density at radius 3 is 2.57 bits per heavy atom. The Morgan fingerprint density at radius 2 is 2.04 bits per heavy atom. The van der Waals surface area contributed by atoms with Crippen LogP contribution < -0.4 is 5.32 Å². The number of amides is 1. The first-order chi connectivity index (χ1) is 10.6. The smallest absolute Gasteiger partial charge is 0.410 e. The lowest BCUT2D eigenvalue weighted by Gasteiger charge is -2.30. The van der Waals surface area contributed by atoms with Crippen molar-refractivity contribution in [3.8, 4) is 0 Å². The van der Waals surface area contributed by atoms with Crippen molar-refractivity contribution in [1.29, 1.82) is 0 Å². The van der Waals surface area contributed by atoms with Gasteiger partial charge in [0.15, 0.2) is 0 Å². The van der Waals surface area contributed by atoms with Crippen molar-refractivity contribution in [3.05, 3.63) is 34.1 Å². The Bertz CT molecular complexity index is 530. The van der Waals surface area contributed by atoms with Crippen LogP contribution in [0.5, 0.6) is 0 Å². The summed E-state index contributed by atoms with van der Waals surface area (Å²) in [5.74, 6) is -0.276. The minimum atomic E-state index is -0.507. The molecule has 1 N–H and O–H groups in total. The van der Waals surface area contributed by atoms with Crippen LogP contribution in [0.3, 0.4) is 0 Å². The molecule has 23 heavy (non-hydrogen) atoms. The van der Waals surface area contributed by atoms with Gasteiger partial charge in [0.05, 0.1) is 4.47 Å². The standard InChI is InChI=1S/C17H26BrFN2O2/c1-12(2)21(16(22)23-17(3,4)5)9-8-20-11-13-6-7-14(18)15(19)10-13/h6-7,10,12,20H,8-9,11H2,1-5H3. The van der Waals surface area contributed by atoms with Crippen molar-refractivity contribution < 1.29 is 13.9 Å². The van der Waals surface area contributed by atoms with Gasteiger partial charge in [-0.2, -0.15) is 0 Å². The Hall–Kier alpha value is -1.14. The molecule has 1 rings (SSSR count). The second-order valence-corrected chi connectivity index (χ2v) is 7.55. The van der Waals surface area contributed by atoms with Gasteiger partial charge in [-0.05, 0) is 68.2 Å². The lowest BCUT2D eigenvalue weighted by molar-refractivity contribution is 0.0193. The van der Waals surface area contributed by atoms with E-state index in [0.717, 1.165) is 5.56 Å². The van der Waals surface area contributed by atoms with Crippen LogP contribution in [-0.2, 0) is 11.3 Å². The summed E-state index contributed by atoms with van der Waals surface area (Å²) in [4.78, 5) is 13.8. The molecule has 0 spiro atoms. The molecule has 0 saturated heterocycles. The Morgan fingerprint density at radius 1 is 1.39 bits per heavy atom. The summed E-state index contributed by atoms with van der Waals surface area (Å²) in [5, 5.41) is 3.22. The molecule has 0 aromatic heterocycles. The average molecular weight is 389 g/mol. The third-order valence-corrected chi connectivity index (χ3v) is 3.74. The quantitative estimate of drug-likeness (QED) is 0.737. The molecule has 0 aliphatic carbocycles. The highest BCUT2D eigenvalue weighted by Gasteiger charge is 2.23. The number of carbonyl (C=O) groups excluding carboxylic acids is 1. The van der Waals surface area contributed by atoms with E-state index in [0.29, 0.717) is 24.1 Å². The molecule has 0 atom stereocenters. The number of hydrogen-bond donors (Lipinski definition) is 1. The monoisotopic (exact) mass is 388 g/mol. The van der Waals surface area contributed by atoms with Gasteiger partial charge in [-0.15, -0.1) is 0 Å². The van der Waals surface area contributed by atoms with E-state index in [1.165, 1.54) is 6.07 Å². The molecule has 1 aromatic carbocycles. The van der Waals surface area contributed by atoms with Crippen molar-refractivity contribution in [3.63, 3.8) is 0 Å². The molecule has 0 fully saturated rings. The fraction of sp³-hybridized carbons (Fsp3) is 0.588. The van der Waals surface area contributed by atoms with E-state index in [-0.39, 0.29) is 18.0 Å². The van der Waals surface area contributed by atoms with E-state index in [9.17, 15) is 9.18 Å². The number of halogens is 2. The molecule has 0 heterocycles. The summed E-state index contributed by atoms with van der Waals surface area (Å²) in [6.45, 7) is 11.1.